The highest BCUT2D eigenvalue weighted by Crippen LogP contribution is 2.42. The van der Waals surface area contributed by atoms with Crippen molar-refractivity contribution >= 4 is 23.7 Å². The third-order valence-corrected chi connectivity index (χ3v) is 4.57. The van der Waals surface area contributed by atoms with Crippen molar-refractivity contribution in [2.45, 2.75) is 57.6 Å². The zero-order valence-electron chi connectivity index (χ0n) is 13.2. The van der Waals surface area contributed by atoms with E-state index in [1.165, 1.54) is 4.90 Å². The van der Waals surface area contributed by atoms with Gasteiger partial charge < -0.3 is 9.53 Å². The van der Waals surface area contributed by atoms with Crippen LogP contribution in [0.5, 0.6) is 0 Å². The number of carbonyl (C=O) groups excluding carboxylic acids is 2. The Morgan fingerprint density at radius 1 is 1.43 bits per heavy atom. The molecule has 21 heavy (non-hydrogen) atoms. The number of rotatable bonds is 4. The molecule has 1 aromatic heterocycles. The molecule has 0 aliphatic heterocycles. The monoisotopic (exact) mass is 310 g/mol. The van der Waals surface area contributed by atoms with Gasteiger partial charge in [-0.15, -0.1) is 11.3 Å². The quantitative estimate of drug-likeness (QED) is 0.801. The molecule has 1 aliphatic carbocycles. The number of hydrogen-bond donors (Lipinski definition) is 0. The van der Waals surface area contributed by atoms with Crippen molar-refractivity contribution in [3.63, 3.8) is 0 Å². The van der Waals surface area contributed by atoms with E-state index >= 15 is 0 Å². The molecule has 5 nitrogen and oxygen atoms in total. The van der Waals surface area contributed by atoms with E-state index in [4.69, 9.17) is 4.74 Å². The smallest absolute Gasteiger partial charge is 0.411 e. The van der Waals surface area contributed by atoms with Crippen LogP contribution in [0.2, 0.25) is 0 Å². The average Bonchev–Trinajstić information content (AvgIpc) is 3.12. The molecule has 1 aromatic rings. The molecule has 1 fully saturated rings. The Hall–Kier alpha value is -1.43. The molecule has 1 saturated carbocycles. The maximum absolute atomic E-state index is 12.2. The molecule has 6 heteroatoms. The van der Waals surface area contributed by atoms with Gasteiger partial charge in [0.15, 0.2) is 6.29 Å². The zero-order chi connectivity index (χ0) is 15.8. The predicted octanol–water partition coefficient (Wildman–Crippen LogP) is 3.30. The van der Waals surface area contributed by atoms with Crippen molar-refractivity contribution in [1.29, 1.82) is 0 Å². The highest BCUT2D eigenvalue weighted by molar-refractivity contribution is 7.09. The van der Waals surface area contributed by atoms with Gasteiger partial charge in [0.1, 0.15) is 11.1 Å². The number of hydrogen-bond acceptors (Lipinski definition) is 5. The highest BCUT2D eigenvalue weighted by atomic mass is 32.1. The Bertz CT molecular complexity index is 545. The maximum atomic E-state index is 12.2. The highest BCUT2D eigenvalue weighted by Gasteiger charge is 2.39. The van der Waals surface area contributed by atoms with Gasteiger partial charge in [-0.25, -0.2) is 9.78 Å². The first kappa shape index (κ1) is 15.9. The van der Waals surface area contributed by atoms with Gasteiger partial charge in [-0.3, -0.25) is 4.90 Å². The average molecular weight is 310 g/mol. The summed E-state index contributed by atoms with van der Waals surface area (Å²) in [5.74, 6) is 0.534. The number of thiazole rings is 1. The van der Waals surface area contributed by atoms with Crippen molar-refractivity contribution in [3.8, 4) is 0 Å². The van der Waals surface area contributed by atoms with Crippen LogP contribution in [-0.4, -0.2) is 34.9 Å². The first-order valence-corrected chi connectivity index (χ1v) is 7.94. The van der Waals surface area contributed by atoms with Crippen LogP contribution in [0.15, 0.2) is 5.38 Å². The Labute approximate surface area is 129 Å². The molecule has 0 bridgehead atoms. The number of amides is 1. The summed E-state index contributed by atoms with van der Waals surface area (Å²) in [7, 11) is 1.57. The molecule has 1 unspecified atom stereocenters. The Kier molecular flexibility index (Phi) is 4.10. The summed E-state index contributed by atoms with van der Waals surface area (Å²) in [5.41, 5.74) is -1.10. The van der Waals surface area contributed by atoms with Gasteiger partial charge in [0.25, 0.3) is 0 Å². The summed E-state index contributed by atoms with van der Waals surface area (Å²) in [6, 6.07) is 0. The maximum Gasteiger partial charge on any atom is 0.411 e. The van der Waals surface area contributed by atoms with Crippen LogP contribution in [-0.2, 0) is 15.1 Å². The molecule has 0 radical (unpaired) electrons. The Balaban J connectivity index is 2.22. The van der Waals surface area contributed by atoms with Crippen LogP contribution in [0.25, 0.3) is 0 Å². The molecule has 0 N–H and O–H groups in total. The third-order valence-electron chi connectivity index (χ3n) is 3.56. The molecule has 1 amide bonds. The predicted molar refractivity (Wildman–Crippen MR) is 81.5 cm³/mol. The fraction of sp³-hybridized carbons (Fsp3) is 0.667. The van der Waals surface area contributed by atoms with Crippen molar-refractivity contribution in [1.82, 2.24) is 9.88 Å². The van der Waals surface area contributed by atoms with E-state index in [9.17, 15) is 9.59 Å². The number of ether oxygens (including phenoxy) is 1. The van der Waals surface area contributed by atoms with Crippen LogP contribution >= 0.6 is 11.3 Å². The van der Waals surface area contributed by atoms with Crippen LogP contribution in [0.4, 0.5) is 4.79 Å². The number of aldehydes is 1. The first-order chi connectivity index (χ1) is 9.67. The molecule has 0 saturated heterocycles. The van der Waals surface area contributed by atoms with E-state index in [1.807, 2.05) is 5.38 Å². The summed E-state index contributed by atoms with van der Waals surface area (Å²) < 4.78 is 5.34. The second-order valence-electron chi connectivity index (χ2n) is 6.65. The van der Waals surface area contributed by atoms with E-state index in [-0.39, 0.29) is 0 Å². The lowest BCUT2D eigenvalue weighted by atomic mass is 9.99. The number of likely N-dealkylation sites (N-methyl/N-ethyl adjacent to an activating group) is 1. The molecule has 1 atom stereocenters. The van der Waals surface area contributed by atoms with Gasteiger partial charge in [-0.1, -0.05) is 0 Å². The number of nitrogens with zero attached hydrogens (tertiary/aromatic N) is 2. The molecular weight excluding hydrogens is 288 g/mol. The summed E-state index contributed by atoms with van der Waals surface area (Å²) in [5, 5.41) is 2.92. The van der Waals surface area contributed by atoms with Crippen molar-refractivity contribution < 1.29 is 14.3 Å². The van der Waals surface area contributed by atoms with Crippen LogP contribution in [0.3, 0.4) is 0 Å². The molecule has 116 valence electrons. The second kappa shape index (κ2) is 5.40. The van der Waals surface area contributed by atoms with Crippen molar-refractivity contribution in [3.05, 3.63) is 16.1 Å². The molecule has 2 rings (SSSR count). The lowest BCUT2D eigenvalue weighted by Gasteiger charge is -2.34. The van der Waals surface area contributed by atoms with Crippen molar-refractivity contribution in [2.75, 3.05) is 7.05 Å². The van der Waals surface area contributed by atoms with Crippen molar-refractivity contribution in [2.24, 2.45) is 0 Å². The van der Waals surface area contributed by atoms with Crippen LogP contribution in [0, 0.1) is 0 Å². The SMILES string of the molecule is CN(C(=O)OC(C)(C)C)C(C)(C=O)c1csc(C2CC2)n1. The minimum atomic E-state index is -1.11. The molecule has 1 heterocycles. The Morgan fingerprint density at radius 2 is 2.05 bits per heavy atom. The first-order valence-electron chi connectivity index (χ1n) is 7.06. The minimum absolute atomic E-state index is 0.530. The van der Waals surface area contributed by atoms with Gasteiger partial charge >= 0.3 is 6.09 Å². The van der Waals surface area contributed by atoms with Gasteiger partial charge in [-0.05, 0) is 40.5 Å². The fourth-order valence-electron chi connectivity index (χ4n) is 1.87. The zero-order valence-corrected chi connectivity index (χ0v) is 14.0. The van der Waals surface area contributed by atoms with Crippen LogP contribution in [0.1, 0.15) is 57.2 Å². The van der Waals surface area contributed by atoms with Gasteiger partial charge in [0.2, 0.25) is 0 Å². The standard InChI is InChI=1S/C15H22N2O3S/c1-14(2,3)20-13(19)17(5)15(4,9-18)11-8-21-12(16-11)10-6-7-10/h8-10H,6-7H2,1-5H3. The number of aromatic nitrogens is 1. The van der Waals surface area contributed by atoms with Crippen LogP contribution < -0.4 is 0 Å². The molecule has 1 aliphatic rings. The van der Waals surface area contributed by atoms with E-state index in [0.717, 1.165) is 24.1 Å². The van der Waals surface area contributed by atoms with E-state index in [0.29, 0.717) is 11.6 Å². The Morgan fingerprint density at radius 3 is 2.52 bits per heavy atom. The largest absolute Gasteiger partial charge is 0.444 e. The topological polar surface area (TPSA) is 59.5 Å². The van der Waals surface area contributed by atoms with E-state index in [2.05, 4.69) is 4.98 Å². The fourth-order valence-corrected chi connectivity index (χ4v) is 2.97. The summed E-state index contributed by atoms with van der Waals surface area (Å²) in [6.07, 6.45) is 2.54. The summed E-state index contributed by atoms with van der Waals surface area (Å²) in [6.45, 7) is 7.08. The van der Waals surface area contributed by atoms with Gasteiger partial charge in [0.05, 0.1) is 10.7 Å². The van der Waals surface area contributed by atoms with E-state index < -0.39 is 17.2 Å². The molecule has 0 aromatic carbocycles. The lowest BCUT2D eigenvalue weighted by molar-refractivity contribution is -0.117. The molecular formula is C15H22N2O3S. The van der Waals surface area contributed by atoms with Gasteiger partial charge in [0, 0.05) is 18.3 Å². The summed E-state index contributed by atoms with van der Waals surface area (Å²) >= 11 is 1.56. The lowest BCUT2D eigenvalue weighted by Crippen LogP contribution is -2.48. The normalized spacial score (nSPS) is 18.0. The minimum Gasteiger partial charge on any atom is -0.444 e. The van der Waals surface area contributed by atoms with Gasteiger partial charge in [-0.2, -0.15) is 0 Å². The third kappa shape index (κ3) is 3.43. The second-order valence-corrected chi connectivity index (χ2v) is 7.54. The summed E-state index contributed by atoms with van der Waals surface area (Å²) in [4.78, 5) is 29.7. The van der Waals surface area contributed by atoms with E-state index in [1.54, 1.807) is 46.1 Å². The molecule has 0 spiro atoms. The number of carbonyl (C=O) groups is 2.